The molecule has 1 aromatic carbocycles. The van der Waals surface area contributed by atoms with Gasteiger partial charge in [-0.1, -0.05) is 26.0 Å². The van der Waals surface area contributed by atoms with E-state index in [0.29, 0.717) is 13.2 Å². The maximum atomic E-state index is 13.4. The first-order valence-corrected chi connectivity index (χ1v) is 5.93. The number of halogens is 1. The molecular formula is C14H17FO3. The van der Waals surface area contributed by atoms with Crippen LogP contribution in [-0.2, 0) is 14.9 Å². The van der Waals surface area contributed by atoms with Gasteiger partial charge in [0.15, 0.2) is 0 Å². The Morgan fingerprint density at radius 3 is 2.61 bits per heavy atom. The van der Waals surface area contributed by atoms with Crippen molar-refractivity contribution in [1.82, 2.24) is 0 Å². The summed E-state index contributed by atoms with van der Waals surface area (Å²) in [7, 11) is 0. The number of carboxylic acids is 1. The number of carboxylic acid groups (broad SMARTS) is 1. The second-order valence-corrected chi connectivity index (χ2v) is 5.54. The average molecular weight is 252 g/mol. The molecule has 3 nitrogen and oxygen atoms in total. The van der Waals surface area contributed by atoms with Gasteiger partial charge in [0.2, 0.25) is 0 Å². The van der Waals surface area contributed by atoms with Gasteiger partial charge in [0.25, 0.3) is 0 Å². The van der Waals surface area contributed by atoms with Gasteiger partial charge in [-0.15, -0.1) is 0 Å². The number of rotatable bonds is 4. The van der Waals surface area contributed by atoms with Gasteiger partial charge in [0.05, 0.1) is 19.6 Å². The van der Waals surface area contributed by atoms with E-state index in [1.165, 1.54) is 12.1 Å². The van der Waals surface area contributed by atoms with Crippen molar-refractivity contribution in [2.24, 2.45) is 5.41 Å². The third-order valence-electron chi connectivity index (χ3n) is 3.96. The van der Waals surface area contributed by atoms with Gasteiger partial charge < -0.3 is 9.84 Å². The van der Waals surface area contributed by atoms with E-state index >= 15 is 0 Å². The molecule has 1 aromatic rings. The van der Waals surface area contributed by atoms with Gasteiger partial charge in [-0.05, 0) is 23.1 Å². The maximum absolute atomic E-state index is 13.4. The van der Waals surface area contributed by atoms with Crippen LogP contribution in [0.4, 0.5) is 4.39 Å². The SMILES string of the molecule is CC(C)(CC(=O)O)C1(c2cccc(F)c2)COC1. The van der Waals surface area contributed by atoms with Crippen molar-refractivity contribution in [3.05, 3.63) is 35.6 Å². The summed E-state index contributed by atoms with van der Waals surface area (Å²) in [5.74, 6) is -1.15. The van der Waals surface area contributed by atoms with Gasteiger partial charge >= 0.3 is 5.97 Å². The Morgan fingerprint density at radius 1 is 1.50 bits per heavy atom. The Morgan fingerprint density at radius 2 is 2.17 bits per heavy atom. The zero-order valence-electron chi connectivity index (χ0n) is 10.6. The van der Waals surface area contributed by atoms with Crippen molar-refractivity contribution in [1.29, 1.82) is 0 Å². The molecule has 1 fully saturated rings. The predicted octanol–water partition coefficient (Wildman–Crippen LogP) is 2.59. The average Bonchev–Trinajstić information content (AvgIpc) is 2.12. The van der Waals surface area contributed by atoms with Crippen molar-refractivity contribution in [3.63, 3.8) is 0 Å². The number of carbonyl (C=O) groups is 1. The molecule has 1 heterocycles. The summed E-state index contributed by atoms with van der Waals surface area (Å²) in [6.07, 6.45) is 0.0346. The number of ether oxygens (including phenoxy) is 1. The molecule has 0 saturated carbocycles. The fraction of sp³-hybridized carbons (Fsp3) is 0.500. The van der Waals surface area contributed by atoms with E-state index in [0.717, 1.165) is 5.56 Å². The van der Waals surface area contributed by atoms with E-state index in [2.05, 4.69) is 0 Å². The fourth-order valence-corrected chi connectivity index (χ4v) is 2.59. The third-order valence-corrected chi connectivity index (χ3v) is 3.96. The molecule has 0 amide bonds. The lowest BCUT2D eigenvalue weighted by Crippen LogP contribution is -2.57. The van der Waals surface area contributed by atoms with E-state index in [1.807, 2.05) is 19.9 Å². The zero-order valence-corrected chi connectivity index (χ0v) is 10.6. The summed E-state index contributed by atoms with van der Waals surface area (Å²) in [5, 5.41) is 9.02. The van der Waals surface area contributed by atoms with Crippen molar-refractivity contribution in [3.8, 4) is 0 Å². The fourth-order valence-electron chi connectivity index (χ4n) is 2.59. The van der Waals surface area contributed by atoms with E-state index in [1.54, 1.807) is 6.07 Å². The molecule has 0 spiro atoms. The number of hydrogen-bond acceptors (Lipinski definition) is 2. The Kier molecular flexibility index (Phi) is 3.15. The second kappa shape index (κ2) is 4.35. The lowest BCUT2D eigenvalue weighted by atomic mass is 9.59. The molecule has 0 bridgehead atoms. The minimum atomic E-state index is -0.845. The zero-order chi connectivity index (χ0) is 13.4. The van der Waals surface area contributed by atoms with Crippen LogP contribution in [0.15, 0.2) is 24.3 Å². The van der Waals surface area contributed by atoms with Gasteiger partial charge in [0.1, 0.15) is 5.82 Å². The summed E-state index contributed by atoms with van der Waals surface area (Å²) >= 11 is 0. The highest BCUT2D eigenvalue weighted by atomic mass is 19.1. The summed E-state index contributed by atoms with van der Waals surface area (Å²) in [6, 6.07) is 6.36. The molecule has 0 atom stereocenters. The Bertz CT molecular complexity index is 464. The molecule has 98 valence electrons. The van der Waals surface area contributed by atoms with Crippen molar-refractivity contribution in [2.45, 2.75) is 25.7 Å². The van der Waals surface area contributed by atoms with E-state index in [-0.39, 0.29) is 12.2 Å². The number of benzene rings is 1. The smallest absolute Gasteiger partial charge is 0.303 e. The molecule has 0 aliphatic carbocycles. The Balaban J connectivity index is 2.39. The first-order chi connectivity index (χ1) is 8.37. The summed E-state index contributed by atoms with van der Waals surface area (Å²) in [6.45, 7) is 4.68. The molecule has 0 unspecified atom stereocenters. The van der Waals surface area contributed by atoms with Gasteiger partial charge in [-0.25, -0.2) is 4.39 Å². The minimum Gasteiger partial charge on any atom is -0.481 e. The molecule has 4 heteroatoms. The standard InChI is InChI=1S/C14H17FO3/c1-13(2,7-12(16)17)14(8-18-9-14)10-4-3-5-11(15)6-10/h3-6H,7-9H2,1-2H3,(H,16,17). The molecular weight excluding hydrogens is 235 g/mol. The van der Waals surface area contributed by atoms with Crippen LogP contribution in [0.5, 0.6) is 0 Å². The first kappa shape index (κ1) is 13.0. The minimum absolute atomic E-state index is 0.0346. The molecule has 1 aliphatic rings. The summed E-state index contributed by atoms with van der Waals surface area (Å²) in [5.41, 5.74) is -0.0711. The molecule has 1 saturated heterocycles. The predicted molar refractivity (Wildman–Crippen MR) is 64.9 cm³/mol. The Labute approximate surface area is 106 Å². The van der Waals surface area contributed by atoms with Crippen molar-refractivity contribution in [2.75, 3.05) is 13.2 Å². The monoisotopic (exact) mass is 252 g/mol. The van der Waals surface area contributed by atoms with Crippen LogP contribution in [0, 0.1) is 11.2 Å². The number of hydrogen-bond donors (Lipinski definition) is 1. The van der Waals surface area contributed by atoms with Gasteiger partial charge in [-0.3, -0.25) is 4.79 Å². The van der Waals surface area contributed by atoms with Crippen LogP contribution in [-0.4, -0.2) is 24.3 Å². The second-order valence-electron chi connectivity index (χ2n) is 5.54. The molecule has 2 rings (SSSR count). The van der Waals surface area contributed by atoms with E-state index < -0.39 is 16.8 Å². The molecule has 1 aliphatic heterocycles. The highest BCUT2D eigenvalue weighted by Gasteiger charge is 2.52. The highest BCUT2D eigenvalue weighted by molar-refractivity contribution is 5.68. The maximum Gasteiger partial charge on any atom is 0.303 e. The van der Waals surface area contributed by atoms with Crippen LogP contribution in [0.3, 0.4) is 0 Å². The van der Waals surface area contributed by atoms with E-state index in [9.17, 15) is 9.18 Å². The molecule has 18 heavy (non-hydrogen) atoms. The summed E-state index contributed by atoms with van der Waals surface area (Å²) < 4.78 is 18.6. The highest BCUT2D eigenvalue weighted by Crippen LogP contribution is 2.49. The van der Waals surface area contributed by atoms with Crippen LogP contribution >= 0.6 is 0 Å². The summed E-state index contributed by atoms with van der Waals surface area (Å²) in [4.78, 5) is 11.0. The number of aliphatic carboxylic acids is 1. The normalized spacial score (nSPS) is 18.2. The van der Waals surface area contributed by atoms with Crippen LogP contribution < -0.4 is 0 Å². The van der Waals surface area contributed by atoms with Crippen LogP contribution in [0.1, 0.15) is 25.8 Å². The lowest BCUT2D eigenvalue weighted by molar-refractivity contribution is -0.151. The van der Waals surface area contributed by atoms with Crippen molar-refractivity contribution < 1.29 is 19.0 Å². The first-order valence-electron chi connectivity index (χ1n) is 5.93. The lowest BCUT2D eigenvalue weighted by Gasteiger charge is -2.52. The quantitative estimate of drug-likeness (QED) is 0.896. The van der Waals surface area contributed by atoms with Gasteiger partial charge in [-0.2, -0.15) is 0 Å². The molecule has 0 aromatic heterocycles. The molecule has 0 radical (unpaired) electrons. The largest absolute Gasteiger partial charge is 0.481 e. The van der Waals surface area contributed by atoms with Crippen molar-refractivity contribution >= 4 is 5.97 Å². The Hall–Kier alpha value is -1.42. The molecule has 1 N–H and O–H groups in total. The van der Waals surface area contributed by atoms with Gasteiger partial charge in [0, 0.05) is 5.41 Å². The van der Waals surface area contributed by atoms with Crippen LogP contribution in [0.25, 0.3) is 0 Å². The van der Waals surface area contributed by atoms with E-state index in [4.69, 9.17) is 9.84 Å². The third kappa shape index (κ3) is 2.01. The topological polar surface area (TPSA) is 46.5 Å². The van der Waals surface area contributed by atoms with Crippen LogP contribution in [0.2, 0.25) is 0 Å².